The van der Waals surface area contributed by atoms with E-state index >= 15 is 0 Å². The summed E-state index contributed by atoms with van der Waals surface area (Å²) >= 11 is 0. The molecule has 4 rings (SSSR count). The number of H-pyrrole nitrogens is 1. The van der Waals surface area contributed by atoms with Gasteiger partial charge in [0.25, 0.3) is 0 Å². The number of phenolic OH excluding ortho intramolecular Hbond substituents is 1. The van der Waals surface area contributed by atoms with Crippen molar-refractivity contribution in [1.82, 2.24) is 20.9 Å². The van der Waals surface area contributed by atoms with Crippen molar-refractivity contribution < 1.29 is 29.4 Å². The van der Waals surface area contributed by atoms with Gasteiger partial charge in [-0.1, -0.05) is 60.7 Å². The quantitative estimate of drug-likeness (QED) is 0.126. The number of aromatic amines is 1. The van der Waals surface area contributed by atoms with Crippen LogP contribution in [0.2, 0.25) is 0 Å². The molecule has 0 aliphatic carbocycles. The van der Waals surface area contributed by atoms with Gasteiger partial charge in [-0.2, -0.15) is 0 Å². The van der Waals surface area contributed by atoms with Crippen molar-refractivity contribution in [1.29, 1.82) is 0 Å². The Balaban J connectivity index is 1.41. The first kappa shape index (κ1) is 29.8. The zero-order chi connectivity index (χ0) is 30.1. The van der Waals surface area contributed by atoms with Gasteiger partial charge < -0.3 is 36.9 Å². The first-order valence-corrected chi connectivity index (χ1v) is 13.4. The molecule has 1 aromatic heterocycles. The average molecular weight is 572 g/mol. The third-order valence-electron chi connectivity index (χ3n) is 6.80. The summed E-state index contributed by atoms with van der Waals surface area (Å²) in [5, 5.41) is 28.0. The average Bonchev–Trinajstić information content (AvgIpc) is 3.39. The summed E-state index contributed by atoms with van der Waals surface area (Å²) in [6.07, 6.45) is 2.01. The van der Waals surface area contributed by atoms with E-state index < -0.39 is 48.4 Å². The molecule has 0 aliphatic heterocycles. The van der Waals surface area contributed by atoms with E-state index in [1.54, 1.807) is 18.3 Å². The summed E-state index contributed by atoms with van der Waals surface area (Å²) in [5.41, 5.74) is 9.03. The van der Waals surface area contributed by atoms with Gasteiger partial charge in [0.15, 0.2) is 0 Å². The minimum absolute atomic E-state index is 0.0126. The number of nitrogens with two attached hydrogens (primary N) is 1. The number of hydrogen-bond acceptors (Lipinski definition) is 6. The van der Waals surface area contributed by atoms with Crippen LogP contribution in [-0.4, -0.2) is 63.6 Å². The molecule has 1 heterocycles. The number of nitrogens with one attached hydrogen (secondary N) is 4. The second-order valence-corrected chi connectivity index (χ2v) is 9.97. The van der Waals surface area contributed by atoms with Crippen LogP contribution in [0.15, 0.2) is 85.1 Å². The number of carbonyl (C=O) groups is 4. The van der Waals surface area contributed by atoms with E-state index in [9.17, 15) is 29.4 Å². The fourth-order valence-corrected chi connectivity index (χ4v) is 4.57. The molecule has 218 valence electrons. The van der Waals surface area contributed by atoms with Crippen molar-refractivity contribution in [2.45, 2.75) is 37.4 Å². The molecule has 0 aliphatic rings. The lowest BCUT2D eigenvalue weighted by Crippen LogP contribution is -2.55. The van der Waals surface area contributed by atoms with Gasteiger partial charge in [0.1, 0.15) is 17.8 Å². The number of phenols is 1. The van der Waals surface area contributed by atoms with Gasteiger partial charge >= 0.3 is 5.97 Å². The van der Waals surface area contributed by atoms with Crippen LogP contribution in [-0.2, 0) is 38.4 Å². The monoisotopic (exact) mass is 571 g/mol. The van der Waals surface area contributed by atoms with Crippen molar-refractivity contribution in [3.05, 3.63) is 102 Å². The zero-order valence-electron chi connectivity index (χ0n) is 22.7. The molecule has 0 bridgehead atoms. The first-order valence-electron chi connectivity index (χ1n) is 13.4. The Hall–Kier alpha value is -5.16. The molecule has 0 saturated heterocycles. The number of carboxylic acid groups (broad SMARTS) is 1. The van der Waals surface area contributed by atoms with E-state index in [0.717, 1.165) is 16.5 Å². The lowest BCUT2D eigenvalue weighted by molar-refractivity contribution is -0.142. The number of aliphatic carboxylic acids is 1. The topological polar surface area (TPSA) is 187 Å². The Morgan fingerprint density at radius 3 is 2.14 bits per heavy atom. The maximum absolute atomic E-state index is 13.4. The standard InChI is InChI=1S/C31H33N5O6/c32-24(14-19-6-2-1-3-7-19)29(39)34-18-28(38)35-26(15-20-10-12-22(37)13-11-20)30(40)36-27(31(41)42)16-21-17-33-25-9-5-4-8-23(21)25/h1-13,17,24,26-27,33,37H,14-16,18,32H2,(H,34,39)(H,35,38)(H,36,40)(H,41,42). The van der Waals surface area contributed by atoms with Crippen molar-refractivity contribution in [2.75, 3.05) is 6.54 Å². The molecular formula is C31H33N5O6. The molecule has 42 heavy (non-hydrogen) atoms. The van der Waals surface area contributed by atoms with Gasteiger partial charge in [-0.15, -0.1) is 0 Å². The maximum Gasteiger partial charge on any atom is 0.326 e. The number of para-hydroxylation sites is 1. The number of carbonyl (C=O) groups excluding carboxylic acids is 3. The molecule has 0 saturated carbocycles. The van der Waals surface area contributed by atoms with Crippen molar-refractivity contribution in [3.63, 3.8) is 0 Å². The van der Waals surface area contributed by atoms with Gasteiger partial charge in [-0.3, -0.25) is 14.4 Å². The molecular weight excluding hydrogens is 538 g/mol. The fraction of sp³-hybridized carbons (Fsp3) is 0.226. The highest BCUT2D eigenvalue weighted by molar-refractivity contribution is 5.93. The van der Waals surface area contributed by atoms with Crippen LogP contribution in [0, 0.1) is 0 Å². The Morgan fingerprint density at radius 2 is 1.43 bits per heavy atom. The van der Waals surface area contributed by atoms with Crippen molar-refractivity contribution in [3.8, 4) is 5.75 Å². The fourth-order valence-electron chi connectivity index (χ4n) is 4.57. The number of carboxylic acids is 1. The van der Waals surface area contributed by atoms with E-state index in [1.165, 1.54) is 12.1 Å². The van der Waals surface area contributed by atoms with Crippen LogP contribution in [0.3, 0.4) is 0 Å². The van der Waals surface area contributed by atoms with Gasteiger partial charge in [-0.05, 0) is 41.3 Å². The molecule has 11 nitrogen and oxygen atoms in total. The predicted molar refractivity (Wildman–Crippen MR) is 156 cm³/mol. The molecule has 3 amide bonds. The number of hydrogen-bond donors (Lipinski definition) is 7. The second kappa shape index (κ2) is 14.0. The van der Waals surface area contributed by atoms with Crippen LogP contribution in [0.25, 0.3) is 10.9 Å². The lowest BCUT2D eigenvalue weighted by Gasteiger charge is -2.22. The first-order chi connectivity index (χ1) is 20.2. The van der Waals surface area contributed by atoms with Crippen molar-refractivity contribution in [2.24, 2.45) is 5.73 Å². The molecule has 4 aromatic rings. The molecule has 0 fully saturated rings. The highest BCUT2D eigenvalue weighted by atomic mass is 16.4. The van der Waals surface area contributed by atoms with E-state index in [0.29, 0.717) is 11.1 Å². The predicted octanol–water partition coefficient (Wildman–Crippen LogP) is 1.40. The van der Waals surface area contributed by atoms with Gasteiger partial charge in [0, 0.05) is 29.9 Å². The number of amides is 3. The molecule has 8 N–H and O–H groups in total. The highest BCUT2D eigenvalue weighted by Gasteiger charge is 2.28. The SMILES string of the molecule is NC(Cc1ccccc1)C(=O)NCC(=O)NC(Cc1ccc(O)cc1)C(=O)NC(Cc1c[nH]c2ccccc12)C(=O)O. The number of rotatable bonds is 13. The van der Waals surface area contributed by atoms with Crippen LogP contribution in [0.4, 0.5) is 0 Å². The van der Waals surface area contributed by atoms with Crippen molar-refractivity contribution >= 4 is 34.6 Å². The van der Waals surface area contributed by atoms with Gasteiger partial charge in [-0.25, -0.2) is 4.79 Å². The summed E-state index contributed by atoms with van der Waals surface area (Å²) in [4.78, 5) is 53.8. The summed E-state index contributed by atoms with van der Waals surface area (Å²) in [6.45, 7) is -0.432. The smallest absolute Gasteiger partial charge is 0.326 e. The molecule has 0 radical (unpaired) electrons. The molecule has 3 atom stereocenters. The van der Waals surface area contributed by atoms with E-state index in [4.69, 9.17) is 5.73 Å². The second-order valence-electron chi connectivity index (χ2n) is 9.97. The Kier molecular flexibility index (Phi) is 9.90. The minimum atomic E-state index is -1.27. The third-order valence-corrected chi connectivity index (χ3v) is 6.80. The van der Waals surface area contributed by atoms with E-state index in [-0.39, 0.29) is 25.0 Å². The molecule has 11 heteroatoms. The van der Waals surface area contributed by atoms with E-state index in [2.05, 4.69) is 20.9 Å². The number of benzene rings is 3. The maximum atomic E-state index is 13.4. The van der Waals surface area contributed by atoms with Crippen LogP contribution >= 0.6 is 0 Å². The van der Waals surface area contributed by atoms with Crippen LogP contribution in [0.1, 0.15) is 16.7 Å². The number of fused-ring (bicyclic) bond motifs is 1. The Labute approximate surface area is 242 Å². The Bertz CT molecular complexity index is 1540. The molecule has 0 spiro atoms. The third kappa shape index (κ3) is 8.18. The van der Waals surface area contributed by atoms with Gasteiger partial charge in [0.2, 0.25) is 17.7 Å². The number of aromatic nitrogens is 1. The molecule has 3 aromatic carbocycles. The zero-order valence-corrected chi connectivity index (χ0v) is 22.7. The van der Waals surface area contributed by atoms with Gasteiger partial charge in [0.05, 0.1) is 12.6 Å². The summed E-state index contributed by atoms with van der Waals surface area (Å²) in [6, 6.07) is 19.4. The summed E-state index contributed by atoms with van der Waals surface area (Å²) < 4.78 is 0. The summed E-state index contributed by atoms with van der Waals surface area (Å²) in [5.74, 6) is -3.10. The minimum Gasteiger partial charge on any atom is -0.508 e. The van der Waals surface area contributed by atoms with E-state index in [1.807, 2.05) is 54.6 Å². The molecule has 3 unspecified atom stereocenters. The van der Waals surface area contributed by atoms with Crippen LogP contribution < -0.4 is 21.7 Å². The number of aromatic hydroxyl groups is 1. The highest BCUT2D eigenvalue weighted by Crippen LogP contribution is 2.19. The Morgan fingerprint density at radius 1 is 0.762 bits per heavy atom. The normalized spacial score (nSPS) is 13.1. The van der Waals surface area contributed by atoms with Crippen LogP contribution in [0.5, 0.6) is 5.75 Å². The summed E-state index contributed by atoms with van der Waals surface area (Å²) in [7, 11) is 0. The lowest BCUT2D eigenvalue weighted by atomic mass is 10.0. The largest absolute Gasteiger partial charge is 0.508 e.